The Hall–Kier alpha value is -2.84. The van der Waals surface area contributed by atoms with Gasteiger partial charge in [0.2, 0.25) is 0 Å². The number of piperidine rings is 1. The van der Waals surface area contributed by atoms with E-state index >= 15 is 0 Å². The van der Waals surface area contributed by atoms with Crippen LogP contribution in [0.2, 0.25) is 0 Å². The zero-order chi connectivity index (χ0) is 21.1. The summed E-state index contributed by atoms with van der Waals surface area (Å²) in [4.78, 5) is 25.8. The Balaban J connectivity index is 2.27. The maximum absolute atomic E-state index is 12.4. The predicted octanol–water partition coefficient (Wildman–Crippen LogP) is 2.20. The van der Waals surface area contributed by atoms with Crippen molar-refractivity contribution in [3.05, 3.63) is 11.6 Å². The number of primary amides is 1. The lowest BCUT2D eigenvalue weighted by atomic mass is 10.0. The Morgan fingerprint density at radius 2 is 1.93 bits per heavy atom. The number of carbonyl (C=O) groups excluding carboxylic acids is 2. The fraction of sp³-hybridized carbons (Fsp3) is 0.579. The molecular formula is C19H30N4O5. The first kappa shape index (κ1) is 21.5. The van der Waals surface area contributed by atoms with E-state index in [0.29, 0.717) is 30.3 Å². The standard InChI is InChI=1S/C19H30N4O5/c1-19(2,3)28-18(25)23-8-6-7-11(10-23)22-15-14(20)12(17(21)24)9-13(26-4)16(15)27-5/h9,11,22H,6-8,10,20H2,1-5H3,(H2,21,24). The van der Waals surface area contributed by atoms with E-state index in [2.05, 4.69) is 5.32 Å². The van der Waals surface area contributed by atoms with Gasteiger partial charge in [-0.2, -0.15) is 0 Å². The fourth-order valence-corrected chi connectivity index (χ4v) is 3.15. The average molecular weight is 394 g/mol. The van der Waals surface area contributed by atoms with Gasteiger partial charge in [-0.3, -0.25) is 4.79 Å². The minimum absolute atomic E-state index is 0.106. The maximum atomic E-state index is 12.4. The van der Waals surface area contributed by atoms with Crippen LogP contribution in [-0.4, -0.2) is 55.9 Å². The van der Waals surface area contributed by atoms with Gasteiger partial charge in [0.05, 0.1) is 25.5 Å². The number of anilines is 2. The predicted molar refractivity (Wildman–Crippen MR) is 107 cm³/mol. The molecule has 1 aromatic rings. The lowest BCUT2D eigenvalue weighted by molar-refractivity contribution is 0.0206. The highest BCUT2D eigenvalue weighted by Gasteiger charge is 2.29. The number of rotatable bonds is 5. The van der Waals surface area contributed by atoms with E-state index in [1.807, 2.05) is 20.8 Å². The number of amides is 2. The van der Waals surface area contributed by atoms with Crippen LogP contribution in [0.25, 0.3) is 0 Å². The molecule has 2 rings (SSSR count). The van der Waals surface area contributed by atoms with Crippen molar-refractivity contribution in [3.8, 4) is 11.5 Å². The summed E-state index contributed by atoms with van der Waals surface area (Å²) in [6.07, 6.45) is 1.25. The summed E-state index contributed by atoms with van der Waals surface area (Å²) in [6, 6.07) is 1.35. The first-order valence-corrected chi connectivity index (χ1v) is 9.16. The van der Waals surface area contributed by atoms with Crippen molar-refractivity contribution in [1.29, 1.82) is 0 Å². The van der Waals surface area contributed by atoms with Crippen molar-refractivity contribution in [3.63, 3.8) is 0 Å². The van der Waals surface area contributed by atoms with E-state index in [-0.39, 0.29) is 23.4 Å². The van der Waals surface area contributed by atoms with Gasteiger partial charge in [0, 0.05) is 19.1 Å². The van der Waals surface area contributed by atoms with Gasteiger partial charge in [0.15, 0.2) is 11.5 Å². The second kappa shape index (κ2) is 8.45. The smallest absolute Gasteiger partial charge is 0.410 e. The normalized spacial score (nSPS) is 17.0. The summed E-state index contributed by atoms with van der Waals surface area (Å²) in [6.45, 7) is 6.54. The molecule has 156 valence electrons. The van der Waals surface area contributed by atoms with E-state index in [9.17, 15) is 9.59 Å². The molecule has 9 heteroatoms. The molecule has 1 heterocycles. The van der Waals surface area contributed by atoms with Crippen LogP contribution in [-0.2, 0) is 4.74 Å². The van der Waals surface area contributed by atoms with Gasteiger partial charge in [-0.15, -0.1) is 0 Å². The molecule has 9 nitrogen and oxygen atoms in total. The Morgan fingerprint density at radius 3 is 2.46 bits per heavy atom. The average Bonchev–Trinajstić information content (AvgIpc) is 2.61. The van der Waals surface area contributed by atoms with Crippen LogP contribution in [0.4, 0.5) is 16.2 Å². The minimum atomic E-state index is -0.666. The van der Waals surface area contributed by atoms with Crippen molar-refractivity contribution in [1.82, 2.24) is 4.90 Å². The number of benzene rings is 1. The van der Waals surface area contributed by atoms with Gasteiger partial charge in [-0.25, -0.2) is 4.79 Å². The van der Waals surface area contributed by atoms with Crippen LogP contribution in [0.1, 0.15) is 44.0 Å². The second-order valence-electron chi connectivity index (χ2n) is 7.72. The molecular weight excluding hydrogens is 364 g/mol. The minimum Gasteiger partial charge on any atom is -0.493 e. The van der Waals surface area contributed by atoms with Gasteiger partial charge in [-0.05, 0) is 39.7 Å². The number of nitrogens with two attached hydrogens (primary N) is 2. The number of nitrogens with zero attached hydrogens (tertiary/aromatic N) is 1. The molecule has 0 spiro atoms. The first-order valence-electron chi connectivity index (χ1n) is 9.16. The Bertz CT molecular complexity index is 745. The van der Waals surface area contributed by atoms with E-state index in [4.69, 9.17) is 25.7 Å². The highest BCUT2D eigenvalue weighted by Crippen LogP contribution is 2.42. The van der Waals surface area contributed by atoms with Crippen molar-refractivity contribution < 1.29 is 23.8 Å². The third-order valence-corrected chi connectivity index (χ3v) is 4.40. The number of ether oxygens (including phenoxy) is 3. The van der Waals surface area contributed by atoms with E-state index in [0.717, 1.165) is 12.8 Å². The van der Waals surface area contributed by atoms with Crippen molar-refractivity contribution in [2.24, 2.45) is 5.73 Å². The van der Waals surface area contributed by atoms with E-state index in [1.54, 1.807) is 4.90 Å². The molecule has 0 aliphatic carbocycles. The molecule has 1 unspecified atom stereocenters. The van der Waals surface area contributed by atoms with Crippen molar-refractivity contribution in [2.45, 2.75) is 45.3 Å². The number of hydrogen-bond acceptors (Lipinski definition) is 7. The maximum Gasteiger partial charge on any atom is 0.410 e. The summed E-state index contributed by atoms with van der Waals surface area (Å²) >= 11 is 0. The highest BCUT2D eigenvalue weighted by molar-refractivity contribution is 6.03. The summed E-state index contributed by atoms with van der Waals surface area (Å²) in [5, 5.41) is 3.30. The Morgan fingerprint density at radius 1 is 1.25 bits per heavy atom. The molecule has 1 aliphatic rings. The molecule has 28 heavy (non-hydrogen) atoms. The van der Waals surface area contributed by atoms with Crippen molar-refractivity contribution >= 4 is 23.4 Å². The molecule has 0 aromatic heterocycles. The van der Waals surface area contributed by atoms with Gasteiger partial charge < -0.3 is 35.9 Å². The van der Waals surface area contributed by atoms with Crippen LogP contribution in [0.3, 0.4) is 0 Å². The van der Waals surface area contributed by atoms with Gasteiger partial charge in [0.1, 0.15) is 11.3 Å². The number of carbonyl (C=O) groups is 2. The topological polar surface area (TPSA) is 129 Å². The summed E-state index contributed by atoms with van der Waals surface area (Å²) in [5.74, 6) is 0.0488. The molecule has 1 aliphatic heterocycles. The molecule has 1 atom stereocenters. The largest absolute Gasteiger partial charge is 0.493 e. The number of nitrogen functional groups attached to an aromatic ring is 1. The Kier molecular flexibility index (Phi) is 6.48. The summed E-state index contributed by atoms with van der Waals surface area (Å²) < 4.78 is 16.2. The fourth-order valence-electron chi connectivity index (χ4n) is 3.15. The molecule has 5 N–H and O–H groups in total. The van der Waals surface area contributed by atoms with Crippen LogP contribution in [0.15, 0.2) is 6.07 Å². The van der Waals surface area contributed by atoms with Gasteiger partial charge >= 0.3 is 6.09 Å². The van der Waals surface area contributed by atoms with Gasteiger partial charge in [0.25, 0.3) is 5.91 Å². The first-order chi connectivity index (χ1) is 13.1. The molecule has 1 saturated heterocycles. The molecule has 1 fully saturated rings. The molecule has 2 amide bonds. The number of methoxy groups -OCH3 is 2. The third kappa shape index (κ3) is 4.90. The highest BCUT2D eigenvalue weighted by atomic mass is 16.6. The van der Waals surface area contributed by atoms with E-state index in [1.165, 1.54) is 20.3 Å². The zero-order valence-corrected chi connectivity index (χ0v) is 17.1. The van der Waals surface area contributed by atoms with Crippen LogP contribution < -0.4 is 26.3 Å². The monoisotopic (exact) mass is 394 g/mol. The van der Waals surface area contributed by atoms with Crippen LogP contribution >= 0.6 is 0 Å². The SMILES string of the molecule is COc1cc(C(N)=O)c(N)c(NC2CCCN(C(=O)OC(C)(C)C)C2)c1OC. The second-order valence-corrected chi connectivity index (χ2v) is 7.72. The summed E-state index contributed by atoms with van der Waals surface area (Å²) in [7, 11) is 2.95. The van der Waals surface area contributed by atoms with Gasteiger partial charge in [-0.1, -0.05) is 0 Å². The molecule has 0 radical (unpaired) electrons. The number of hydrogen-bond donors (Lipinski definition) is 3. The van der Waals surface area contributed by atoms with Crippen LogP contribution in [0.5, 0.6) is 11.5 Å². The number of nitrogens with one attached hydrogen (secondary N) is 1. The van der Waals surface area contributed by atoms with Crippen molar-refractivity contribution in [2.75, 3.05) is 38.4 Å². The lowest BCUT2D eigenvalue weighted by Gasteiger charge is -2.35. The summed E-state index contributed by atoms with van der Waals surface area (Å²) in [5.41, 5.74) is 11.8. The number of likely N-dealkylation sites (tertiary alicyclic amines) is 1. The lowest BCUT2D eigenvalue weighted by Crippen LogP contribution is -2.47. The molecule has 0 bridgehead atoms. The van der Waals surface area contributed by atoms with E-state index < -0.39 is 11.5 Å². The third-order valence-electron chi connectivity index (χ3n) is 4.40. The quantitative estimate of drug-likeness (QED) is 0.653. The molecule has 0 saturated carbocycles. The zero-order valence-electron chi connectivity index (χ0n) is 17.1. The van der Waals surface area contributed by atoms with Crippen LogP contribution in [0, 0.1) is 0 Å². The molecule has 1 aromatic carbocycles. The Labute approximate surface area is 165 Å².